The molecule has 21 heavy (non-hydrogen) atoms. The van der Waals surface area contributed by atoms with E-state index in [1.165, 1.54) is 11.1 Å². The fourth-order valence-electron chi connectivity index (χ4n) is 2.53. The highest BCUT2D eigenvalue weighted by molar-refractivity contribution is 9.10. The first kappa shape index (κ1) is 14.6. The summed E-state index contributed by atoms with van der Waals surface area (Å²) in [7, 11) is 0. The smallest absolute Gasteiger partial charge is 0.134 e. The zero-order valence-corrected chi connectivity index (χ0v) is 14.0. The van der Waals surface area contributed by atoms with E-state index in [-0.39, 0.29) is 5.41 Å². The van der Waals surface area contributed by atoms with Crippen LogP contribution in [0.5, 0.6) is 5.75 Å². The molecule has 1 heterocycles. The van der Waals surface area contributed by atoms with Gasteiger partial charge in [-0.1, -0.05) is 50.2 Å². The van der Waals surface area contributed by atoms with Crippen LogP contribution in [-0.4, -0.2) is 19.2 Å². The van der Waals surface area contributed by atoms with Crippen LogP contribution in [0, 0.1) is 0 Å². The predicted molar refractivity (Wildman–Crippen MR) is 90.0 cm³/mol. The number of halogens is 1. The Hall–Kier alpha value is -1.32. The van der Waals surface area contributed by atoms with E-state index in [1.807, 2.05) is 0 Å². The third kappa shape index (κ3) is 2.99. The van der Waals surface area contributed by atoms with Gasteiger partial charge < -0.3 is 10.1 Å². The van der Waals surface area contributed by atoms with Gasteiger partial charge in [-0.3, -0.25) is 0 Å². The van der Waals surface area contributed by atoms with E-state index in [0.717, 1.165) is 23.3 Å². The Kier molecular flexibility index (Phi) is 4.05. The molecule has 3 heteroatoms. The minimum atomic E-state index is -0.0274. The van der Waals surface area contributed by atoms with Crippen molar-refractivity contribution in [1.29, 1.82) is 0 Å². The number of hydrogen-bond acceptors (Lipinski definition) is 2. The molecule has 1 aliphatic heterocycles. The molecule has 110 valence electrons. The van der Waals surface area contributed by atoms with Crippen LogP contribution < -0.4 is 10.1 Å². The number of benzene rings is 2. The number of rotatable bonds is 4. The molecule has 2 nitrogen and oxygen atoms in total. The second kappa shape index (κ2) is 5.82. The normalized spacial score (nSPS) is 15.6. The lowest BCUT2D eigenvalue weighted by Gasteiger charge is -2.30. The summed E-state index contributed by atoms with van der Waals surface area (Å²) in [5, 5.41) is 3.22. The van der Waals surface area contributed by atoms with Gasteiger partial charge in [0, 0.05) is 18.5 Å². The highest BCUT2D eigenvalue weighted by Crippen LogP contribution is 2.36. The zero-order chi connectivity index (χ0) is 14.9. The Morgan fingerprint density at radius 1 is 1.05 bits per heavy atom. The Morgan fingerprint density at radius 2 is 1.76 bits per heavy atom. The van der Waals surface area contributed by atoms with Gasteiger partial charge in [-0.05, 0) is 39.2 Å². The minimum absolute atomic E-state index is 0.0274. The van der Waals surface area contributed by atoms with E-state index in [1.54, 1.807) is 0 Å². The summed E-state index contributed by atoms with van der Waals surface area (Å²) in [5.41, 5.74) is 2.56. The summed E-state index contributed by atoms with van der Waals surface area (Å²) < 4.78 is 6.97. The molecule has 0 radical (unpaired) electrons. The van der Waals surface area contributed by atoms with Gasteiger partial charge >= 0.3 is 0 Å². The fraction of sp³-hybridized carbons (Fsp3) is 0.333. The molecule has 0 atom stereocenters. The largest absolute Gasteiger partial charge is 0.487 e. The molecule has 0 aromatic heterocycles. The monoisotopic (exact) mass is 345 g/mol. The molecule has 0 spiro atoms. The molecule has 0 saturated carbocycles. The zero-order valence-electron chi connectivity index (χ0n) is 12.4. The molecule has 1 saturated heterocycles. The van der Waals surface area contributed by atoms with Crippen molar-refractivity contribution < 1.29 is 4.74 Å². The van der Waals surface area contributed by atoms with Crippen molar-refractivity contribution in [2.24, 2.45) is 0 Å². The molecule has 1 fully saturated rings. The SMILES string of the molecule is CC(C)(c1ccccc1)c1ccc(OC2CNC2)c(Br)c1. The quantitative estimate of drug-likeness (QED) is 0.899. The average Bonchev–Trinajstić information content (AvgIpc) is 2.45. The van der Waals surface area contributed by atoms with Crippen LogP contribution in [-0.2, 0) is 5.41 Å². The standard InChI is InChI=1S/C18H20BrNO/c1-18(2,13-6-4-3-5-7-13)14-8-9-17(16(19)10-14)21-15-11-20-12-15/h3-10,15,20H,11-12H2,1-2H3. The average molecular weight is 346 g/mol. The van der Waals surface area contributed by atoms with Gasteiger partial charge in [-0.15, -0.1) is 0 Å². The summed E-state index contributed by atoms with van der Waals surface area (Å²) in [6.45, 7) is 6.37. The topological polar surface area (TPSA) is 21.3 Å². The van der Waals surface area contributed by atoms with Crippen LogP contribution in [0.1, 0.15) is 25.0 Å². The summed E-state index contributed by atoms with van der Waals surface area (Å²) in [6.07, 6.45) is 0.300. The lowest BCUT2D eigenvalue weighted by molar-refractivity contribution is 0.141. The van der Waals surface area contributed by atoms with Crippen molar-refractivity contribution in [3.63, 3.8) is 0 Å². The molecule has 0 amide bonds. The van der Waals surface area contributed by atoms with Crippen LogP contribution in [0.25, 0.3) is 0 Å². The first-order chi connectivity index (χ1) is 10.1. The van der Waals surface area contributed by atoms with Crippen LogP contribution in [0.4, 0.5) is 0 Å². The van der Waals surface area contributed by atoms with E-state index in [9.17, 15) is 0 Å². The lowest BCUT2D eigenvalue weighted by Crippen LogP contribution is -2.50. The summed E-state index contributed by atoms with van der Waals surface area (Å²) in [6, 6.07) is 17.0. The molecule has 2 aromatic rings. The van der Waals surface area contributed by atoms with Gasteiger partial charge in [0.2, 0.25) is 0 Å². The molecule has 0 aliphatic carbocycles. The Bertz CT molecular complexity index is 620. The van der Waals surface area contributed by atoms with E-state index < -0.39 is 0 Å². The van der Waals surface area contributed by atoms with Gasteiger partial charge in [0.05, 0.1) is 4.47 Å². The van der Waals surface area contributed by atoms with E-state index in [4.69, 9.17) is 4.74 Å². The molecule has 0 bridgehead atoms. The maximum absolute atomic E-state index is 5.95. The molecule has 1 aliphatic rings. The minimum Gasteiger partial charge on any atom is -0.487 e. The maximum Gasteiger partial charge on any atom is 0.134 e. The number of nitrogens with one attached hydrogen (secondary N) is 1. The Morgan fingerprint density at radius 3 is 2.33 bits per heavy atom. The van der Waals surface area contributed by atoms with E-state index in [0.29, 0.717) is 6.10 Å². The predicted octanol–water partition coefficient (Wildman–Crippen LogP) is 4.13. The van der Waals surface area contributed by atoms with Crippen molar-refractivity contribution >= 4 is 15.9 Å². The van der Waals surface area contributed by atoms with Crippen molar-refractivity contribution in [2.45, 2.75) is 25.4 Å². The first-order valence-corrected chi connectivity index (χ1v) is 8.09. The third-order valence-electron chi connectivity index (χ3n) is 4.19. The van der Waals surface area contributed by atoms with E-state index in [2.05, 4.69) is 83.6 Å². The second-order valence-corrected chi connectivity index (χ2v) is 6.89. The second-order valence-electron chi connectivity index (χ2n) is 6.03. The Labute approximate surface area is 134 Å². The third-order valence-corrected chi connectivity index (χ3v) is 4.81. The Balaban J connectivity index is 1.87. The van der Waals surface area contributed by atoms with Crippen molar-refractivity contribution in [3.05, 3.63) is 64.1 Å². The van der Waals surface area contributed by atoms with Crippen LogP contribution in [0.2, 0.25) is 0 Å². The highest BCUT2D eigenvalue weighted by Gasteiger charge is 2.25. The van der Waals surface area contributed by atoms with Crippen LogP contribution in [0.15, 0.2) is 53.0 Å². The first-order valence-electron chi connectivity index (χ1n) is 7.30. The van der Waals surface area contributed by atoms with Crippen LogP contribution >= 0.6 is 15.9 Å². The van der Waals surface area contributed by atoms with Crippen LogP contribution in [0.3, 0.4) is 0 Å². The van der Waals surface area contributed by atoms with Gasteiger partial charge in [0.1, 0.15) is 11.9 Å². The van der Waals surface area contributed by atoms with Gasteiger partial charge in [-0.2, -0.15) is 0 Å². The number of hydrogen-bond donors (Lipinski definition) is 1. The molecular weight excluding hydrogens is 326 g/mol. The van der Waals surface area contributed by atoms with E-state index >= 15 is 0 Å². The highest BCUT2D eigenvalue weighted by atomic mass is 79.9. The van der Waals surface area contributed by atoms with Gasteiger partial charge in [0.25, 0.3) is 0 Å². The fourth-order valence-corrected chi connectivity index (χ4v) is 3.00. The van der Waals surface area contributed by atoms with Crippen molar-refractivity contribution in [1.82, 2.24) is 5.32 Å². The molecule has 1 N–H and O–H groups in total. The summed E-state index contributed by atoms with van der Waals surface area (Å²) in [5.74, 6) is 0.925. The maximum atomic E-state index is 5.95. The molecular formula is C18H20BrNO. The van der Waals surface area contributed by atoms with Crippen molar-refractivity contribution in [2.75, 3.05) is 13.1 Å². The van der Waals surface area contributed by atoms with Gasteiger partial charge in [-0.25, -0.2) is 0 Å². The summed E-state index contributed by atoms with van der Waals surface area (Å²) >= 11 is 3.65. The molecule has 2 aromatic carbocycles. The number of ether oxygens (including phenoxy) is 1. The molecule has 0 unspecified atom stereocenters. The lowest BCUT2D eigenvalue weighted by atomic mass is 9.78. The van der Waals surface area contributed by atoms with Gasteiger partial charge in [0.15, 0.2) is 0 Å². The summed E-state index contributed by atoms with van der Waals surface area (Å²) in [4.78, 5) is 0. The van der Waals surface area contributed by atoms with Crippen molar-refractivity contribution in [3.8, 4) is 5.75 Å². The molecule has 3 rings (SSSR count).